The van der Waals surface area contributed by atoms with Gasteiger partial charge in [0.2, 0.25) is 5.28 Å². The van der Waals surface area contributed by atoms with Gasteiger partial charge in [0.1, 0.15) is 5.69 Å². The van der Waals surface area contributed by atoms with Gasteiger partial charge in [-0.3, -0.25) is 4.79 Å². The Labute approximate surface area is 123 Å². The van der Waals surface area contributed by atoms with Gasteiger partial charge in [0.05, 0.1) is 5.56 Å². The van der Waals surface area contributed by atoms with E-state index in [2.05, 4.69) is 15.3 Å². The summed E-state index contributed by atoms with van der Waals surface area (Å²) < 4.78 is 37.7. The van der Waals surface area contributed by atoms with Crippen molar-refractivity contribution in [3.8, 4) is 0 Å². The molecule has 0 saturated carbocycles. The lowest BCUT2D eigenvalue weighted by molar-refractivity contribution is -0.137. The molecule has 1 amide bonds. The van der Waals surface area contributed by atoms with Crippen molar-refractivity contribution < 1.29 is 18.0 Å². The molecular weight excluding hydrogens is 307 g/mol. The van der Waals surface area contributed by atoms with Crippen LogP contribution in [0, 0.1) is 0 Å². The SMILES string of the molecule is O=C(NCc1cccc(C(F)(F)F)c1)c1ccnc(Cl)n1. The molecule has 2 rings (SSSR count). The van der Waals surface area contributed by atoms with Gasteiger partial charge in [-0.1, -0.05) is 12.1 Å². The van der Waals surface area contributed by atoms with E-state index in [9.17, 15) is 18.0 Å². The minimum absolute atomic E-state index is 0.0435. The highest BCUT2D eigenvalue weighted by atomic mass is 35.5. The van der Waals surface area contributed by atoms with Crippen LogP contribution in [-0.4, -0.2) is 15.9 Å². The second-order valence-corrected chi connectivity index (χ2v) is 4.43. The molecule has 0 aliphatic heterocycles. The number of hydrogen-bond donors (Lipinski definition) is 1. The van der Waals surface area contributed by atoms with E-state index in [0.717, 1.165) is 12.1 Å². The molecule has 0 radical (unpaired) electrons. The lowest BCUT2D eigenvalue weighted by atomic mass is 10.1. The Balaban J connectivity index is 2.05. The Bertz CT molecular complexity index is 661. The van der Waals surface area contributed by atoms with Crippen LogP contribution < -0.4 is 5.32 Å². The maximum atomic E-state index is 12.6. The lowest BCUT2D eigenvalue weighted by Gasteiger charge is -2.09. The van der Waals surface area contributed by atoms with E-state index < -0.39 is 17.6 Å². The lowest BCUT2D eigenvalue weighted by Crippen LogP contribution is -2.24. The molecule has 2 aromatic rings. The summed E-state index contributed by atoms with van der Waals surface area (Å²) in [5.41, 5.74) is -0.389. The van der Waals surface area contributed by atoms with Gasteiger partial charge in [-0.25, -0.2) is 9.97 Å². The zero-order valence-electron chi connectivity index (χ0n) is 10.5. The monoisotopic (exact) mass is 315 g/mol. The molecule has 1 heterocycles. The zero-order chi connectivity index (χ0) is 15.5. The molecule has 1 aromatic heterocycles. The molecule has 1 N–H and O–H groups in total. The Kier molecular flexibility index (Phi) is 4.42. The van der Waals surface area contributed by atoms with Crippen LogP contribution in [0.25, 0.3) is 0 Å². The molecule has 21 heavy (non-hydrogen) atoms. The average Bonchev–Trinajstić information content (AvgIpc) is 2.44. The second-order valence-electron chi connectivity index (χ2n) is 4.09. The number of nitrogens with zero attached hydrogens (tertiary/aromatic N) is 2. The van der Waals surface area contributed by atoms with Crippen LogP contribution in [0.2, 0.25) is 5.28 Å². The third-order valence-corrected chi connectivity index (χ3v) is 2.75. The Hall–Kier alpha value is -2.15. The highest BCUT2D eigenvalue weighted by molar-refractivity contribution is 6.28. The first kappa shape index (κ1) is 15.2. The molecule has 0 saturated heterocycles. The Morgan fingerprint density at radius 2 is 2.05 bits per heavy atom. The zero-order valence-corrected chi connectivity index (χ0v) is 11.2. The third kappa shape index (κ3) is 4.16. The van der Waals surface area contributed by atoms with Gasteiger partial charge in [0.15, 0.2) is 0 Å². The van der Waals surface area contributed by atoms with E-state index in [-0.39, 0.29) is 17.5 Å². The van der Waals surface area contributed by atoms with Crippen molar-refractivity contribution in [1.82, 2.24) is 15.3 Å². The van der Waals surface area contributed by atoms with E-state index in [1.54, 1.807) is 0 Å². The smallest absolute Gasteiger partial charge is 0.347 e. The maximum absolute atomic E-state index is 12.6. The number of rotatable bonds is 3. The second kappa shape index (κ2) is 6.09. The van der Waals surface area contributed by atoms with Crippen molar-refractivity contribution in [1.29, 1.82) is 0 Å². The maximum Gasteiger partial charge on any atom is 0.416 e. The summed E-state index contributed by atoms with van der Waals surface area (Å²) in [6.45, 7) is -0.0512. The summed E-state index contributed by atoms with van der Waals surface area (Å²) in [4.78, 5) is 19.1. The predicted octanol–water partition coefficient (Wildman–Crippen LogP) is 3.08. The highest BCUT2D eigenvalue weighted by Gasteiger charge is 2.30. The first-order chi connectivity index (χ1) is 9.86. The van der Waals surface area contributed by atoms with Crippen LogP contribution in [-0.2, 0) is 12.7 Å². The summed E-state index contributed by atoms with van der Waals surface area (Å²) in [6, 6.07) is 6.07. The molecule has 0 bridgehead atoms. The van der Waals surface area contributed by atoms with Gasteiger partial charge in [0, 0.05) is 12.7 Å². The van der Waals surface area contributed by atoms with Gasteiger partial charge >= 0.3 is 6.18 Å². The fourth-order valence-corrected chi connectivity index (χ4v) is 1.74. The van der Waals surface area contributed by atoms with Gasteiger partial charge < -0.3 is 5.32 Å². The average molecular weight is 316 g/mol. The van der Waals surface area contributed by atoms with Crippen LogP contribution in [0.3, 0.4) is 0 Å². The Morgan fingerprint density at radius 3 is 2.71 bits per heavy atom. The number of hydrogen-bond acceptors (Lipinski definition) is 3. The molecule has 110 valence electrons. The number of amides is 1. The van der Waals surface area contributed by atoms with Crippen molar-refractivity contribution in [3.63, 3.8) is 0 Å². The number of carbonyl (C=O) groups is 1. The summed E-state index contributed by atoms with van der Waals surface area (Å²) >= 11 is 5.55. The standard InChI is InChI=1S/C13H9ClF3N3O/c14-12-18-5-4-10(20-12)11(21)19-7-8-2-1-3-9(6-8)13(15,16)17/h1-6H,7H2,(H,19,21). The molecule has 8 heteroatoms. The van der Waals surface area contributed by atoms with Gasteiger partial charge in [-0.15, -0.1) is 0 Å². The Morgan fingerprint density at radius 1 is 1.29 bits per heavy atom. The number of halogens is 4. The van der Waals surface area contributed by atoms with Crippen molar-refractivity contribution in [3.05, 3.63) is 58.6 Å². The van der Waals surface area contributed by atoms with Gasteiger partial charge in [-0.2, -0.15) is 13.2 Å². The van der Waals surface area contributed by atoms with Crippen molar-refractivity contribution in [2.75, 3.05) is 0 Å². The third-order valence-electron chi connectivity index (χ3n) is 2.57. The van der Waals surface area contributed by atoms with Crippen LogP contribution in [0.4, 0.5) is 13.2 Å². The van der Waals surface area contributed by atoms with Crippen molar-refractivity contribution in [2.45, 2.75) is 12.7 Å². The number of benzene rings is 1. The van der Waals surface area contributed by atoms with E-state index in [0.29, 0.717) is 5.56 Å². The highest BCUT2D eigenvalue weighted by Crippen LogP contribution is 2.29. The van der Waals surface area contributed by atoms with E-state index in [4.69, 9.17) is 11.6 Å². The van der Waals surface area contributed by atoms with Crippen LogP contribution in [0.5, 0.6) is 0 Å². The van der Waals surface area contributed by atoms with Crippen molar-refractivity contribution in [2.24, 2.45) is 0 Å². The summed E-state index contributed by atoms with van der Waals surface area (Å²) in [6.07, 6.45) is -3.10. The van der Waals surface area contributed by atoms with Crippen LogP contribution in [0.1, 0.15) is 21.6 Å². The van der Waals surface area contributed by atoms with Crippen LogP contribution in [0.15, 0.2) is 36.5 Å². The molecule has 0 atom stereocenters. The van der Waals surface area contributed by atoms with E-state index in [1.165, 1.54) is 24.4 Å². The van der Waals surface area contributed by atoms with E-state index in [1.807, 2.05) is 0 Å². The molecule has 0 aliphatic carbocycles. The number of alkyl halides is 3. The topological polar surface area (TPSA) is 54.9 Å². The normalized spacial score (nSPS) is 11.2. The van der Waals surface area contributed by atoms with E-state index >= 15 is 0 Å². The summed E-state index contributed by atoms with van der Waals surface area (Å²) in [5, 5.41) is 2.38. The van der Waals surface area contributed by atoms with Gasteiger partial charge in [-0.05, 0) is 35.4 Å². The number of aromatic nitrogens is 2. The first-order valence-corrected chi connectivity index (χ1v) is 6.17. The number of carbonyl (C=O) groups excluding carboxylic acids is 1. The fourth-order valence-electron chi connectivity index (χ4n) is 1.59. The predicted molar refractivity (Wildman–Crippen MR) is 69.7 cm³/mol. The first-order valence-electron chi connectivity index (χ1n) is 5.79. The van der Waals surface area contributed by atoms with Crippen LogP contribution >= 0.6 is 11.6 Å². The molecule has 0 unspecified atom stereocenters. The minimum Gasteiger partial charge on any atom is -0.347 e. The minimum atomic E-state index is -4.42. The van der Waals surface area contributed by atoms with Gasteiger partial charge in [0.25, 0.3) is 5.91 Å². The molecule has 0 fully saturated rings. The largest absolute Gasteiger partial charge is 0.416 e. The summed E-state index contributed by atoms with van der Waals surface area (Å²) in [5.74, 6) is -0.545. The summed E-state index contributed by atoms with van der Waals surface area (Å²) in [7, 11) is 0. The molecular formula is C13H9ClF3N3O. The molecule has 4 nitrogen and oxygen atoms in total. The fraction of sp³-hybridized carbons (Fsp3) is 0.154. The molecule has 0 aliphatic rings. The molecule has 0 spiro atoms. The quantitative estimate of drug-likeness (QED) is 0.886. The number of nitrogens with one attached hydrogen (secondary N) is 1. The van der Waals surface area contributed by atoms with Crippen molar-refractivity contribution >= 4 is 17.5 Å². The molecule has 1 aromatic carbocycles.